The van der Waals surface area contributed by atoms with E-state index >= 15 is 13.2 Å². The molecule has 3 aromatic carbocycles. The molecule has 0 bridgehead atoms. The summed E-state index contributed by atoms with van der Waals surface area (Å²) in [6.07, 6.45) is 8.30. The second-order valence-electron chi connectivity index (χ2n) is 22.5. The lowest BCUT2D eigenvalue weighted by molar-refractivity contribution is -0.384. The number of piperidine rings is 1. The molecule has 4 N–H and O–H groups in total. The highest BCUT2D eigenvalue weighted by molar-refractivity contribution is 7.90. The van der Waals surface area contributed by atoms with Gasteiger partial charge in [-0.05, 0) is 106 Å². The number of hydrogen-bond donors (Lipinski definition) is 4. The van der Waals surface area contributed by atoms with Crippen LogP contribution in [0.4, 0.5) is 30.4 Å². The molecule has 10 rings (SSSR count). The Morgan fingerprint density at radius 2 is 1.69 bits per heavy atom. The summed E-state index contributed by atoms with van der Waals surface area (Å²) in [4.78, 5) is 43.4. The number of carbonyl (C=O) groups is 1. The van der Waals surface area contributed by atoms with Gasteiger partial charge in [-0.25, -0.2) is 31.3 Å². The zero-order valence-electron chi connectivity index (χ0n) is 45.6. The van der Waals surface area contributed by atoms with Crippen LogP contribution in [0, 0.1) is 38.9 Å². The maximum absolute atomic E-state index is 15.3. The van der Waals surface area contributed by atoms with Gasteiger partial charge in [0.25, 0.3) is 21.8 Å². The number of sulfonamides is 1. The molecular formula is C58H68F3N9O9S. The molecule has 4 aliphatic rings. The molecule has 6 aromatic rings. The molecule has 1 amide bonds. The van der Waals surface area contributed by atoms with Gasteiger partial charge in [-0.2, -0.15) is 4.98 Å². The third kappa shape index (κ3) is 11.9. The van der Waals surface area contributed by atoms with Crippen molar-refractivity contribution in [3.05, 3.63) is 129 Å². The summed E-state index contributed by atoms with van der Waals surface area (Å²) in [5.74, 6) is -2.74. The van der Waals surface area contributed by atoms with Gasteiger partial charge in [0.2, 0.25) is 5.82 Å². The highest BCUT2D eigenvalue weighted by Gasteiger charge is 2.50. The van der Waals surface area contributed by atoms with Crippen molar-refractivity contribution in [1.82, 2.24) is 29.5 Å². The summed E-state index contributed by atoms with van der Waals surface area (Å²) in [7, 11) is -3.39. The lowest BCUT2D eigenvalue weighted by Crippen LogP contribution is -2.60. The van der Waals surface area contributed by atoms with Gasteiger partial charge in [0.1, 0.15) is 39.5 Å². The molecule has 426 valence electrons. The van der Waals surface area contributed by atoms with E-state index in [2.05, 4.69) is 73.1 Å². The van der Waals surface area contributed by atoms with Gasteiger partial charge in [0, 0.05) is 106 Å². The van der Waals surface area contributed by atoms with Crippen LogP contribution in [-0.2, 0) is 16.6 Å². The van der Waals surface area contributed by atoms with Crippen molar-refractivity contribution < 1.29 is 50.6 Å². The van der Waals surface area contributed by atoms with Crippen molar-refractivity contribution in [2.75, 3.05) is 63.2 Å². The molecule has 5 heterocycles. The number of carbonyl (C=O) groups excluding carboxylic acids is 1. The van der Waals surface area contributed by atoms with Crippen LogP contribution in [0.25, 0.3) is 11.0 Å². The van der Waals surface area contributed by atoms with Crippen LogP contribution in [0.3, 0.4) is 0 Å². The Labute approximate surface area is 463 Å². The SMILES string of the molecule is CCOc1nc2[nH]cc(F)c2cc1Oc1cc(N2CCC3(CC2)CC(N2CCN(Cc4c(F)cc(OC)cc4F)C[C@H]2c2ccccc2C(C)C)C3)ccc1C(=O)NS(=O)(=O)c1cnc(NCC2CCC(C)(O)CC2)c([N+](=O)[O-])c1. The second-order valence-corrected chi connectivity index (χ2v) is 24.2. The molecule has 2 saturated carbocycles. The standard InChI is InChI=1S/C58H68F3N9O9S/c1-6-78-56-52(27-44-48(61)32-64-53(44)65-56)79-51-23-37(11-12-43(51)55(71)66-80(75,76)40-26-49(70(73)74)54(63-31-40)62-30-36-13-15-57(4,72)16-14-36)68-19-17-58(18-20-68)28-38(29-58)69-22-21-67(33-45-46(59)24-39(77-5)25-47(45)60)34-50(69)42-10-8-7-9-41(42)35(2)3/h7-12,23-27,31-32,35-36,38,50,72H,6,13-22,28-30,33-34H2,1-5H3,(H,62,63)(H,64,65)(H,66,71)/t36?,50-,57?/m0/s1. The van der Waals surface area contributed by atoms with E-state index in [1.807, 2.05) is 4.72 Å². The molecule has 1 spiro atoms. The number of ether oxygens (including phenoxy) is 3. The normalized spacial score (nSPS) is 20.9. The predicted octanol–water partition coefficient (Wildman–Crippen LogP) is 10.4. The Hall–Kier alpha value is -7.01. The minimum Gasteiger partial charge on any atom is -0.497 e. The number of halogens is 3. The first-order valence-electron chi connectivity index (χ1n) is 27.4. The number of aliphatic hydroxyl groups is 1. The number of fused-ring (bicyclic) bond motifs is 1. The Morgan fingerprint density at radius 1 is 0.963 bits per heavy atom. The zero-order valence-corrected chi connectivity index (χ0v) is 46.4. The maximum atomic E-state index is 15.3. The highest BCUT2D eigenvalue weighted by Crippen LogP contribution is 2.54. The van der Waals surface area contributed by atoms with E-state index in [4.69, 9.17) is 14.2 Å². The van der Waals surface area contributed by atoms with E-state index in [-0.39, 0.29) is 93.6 Å². The number of nitrogens with one attached hydrogen (secondary N) is 3. The topological polar surface area (TPSA) is 218 Å². The highest BCUT2D eigenvalue weighted by atomic mass is 32.2. The van der Waals surface area contributed by atoms with Crippen molar-refractivity contribution >= 4 is 44.2 Å². The van der Waals surface area contributed by atoms with Gasteiger partial charge < -0.3 is 34.5 Å². The molecule has 22 heteroatoms. The molecule has 0 radical (unpaired) electrons. The molecular weight excluding hydrogens is 1060 g/mol. The number of piperazine rings is 1. The molecule has 18 nitrogen and oxygen atoms in total. The number of methoxy groups -OCH3 is 1. The number of anilines is 2. The van der Waals surface area contributed by atoms with Crippen LogP contribution in [0.5, 0.6) is 23.1 Å². The first-order valence-corrected chi connectivity index (χ1v) is 28.8. The molecule has 1 atom stereocenters. The molecule has 3 aromatic heterocycles. The molecule has 80 heavy (non-hydrogen) atoms. The fourth-order valence-electron chi connectivity index (χ4n) is 12.2. The van der Waals surface area contributed by atoms with Crippen molar-refractivity contribution in [1.29, 1.82) is 0 Å². The quantitative estimate of drug-likeness (QED) is 0.0465. The van der Waals surface area contributed by atoms with E-state index < -0.39 is 54.5 Å². The number of amides is 1. The molecule has 2 aliphatic carbocycles. The fourth-order valence-corrected chi connectivity index (χ4v) is 13.1. The molecule has 0 unspecified atom stereocenters. The van der Waals surface area contributed by atoms with Gasteiger partial charge >= 0.3 is 5.69 Å². The Morgan fingerprint density at radius 3 is 2.38 bits per heavy atom. The van der Waals surface area contributed by atoms with E-state index in [1.54, 1.807) is 26.0 Å². The lowest BCUT2D eigenvalue weighted by Gasteiger charge is -2.58. The number of rotatable bonds is 18. The van der Waals surface area contributed by atoms with Crippen LogP contribution >= 0.6 is 0 Å². The maximum Gasteiger partial charge on any atom is 0.312 e. The van der Waals surface area contributed by atoms with E-state index in [9.17, 15) is 28.4 Å². The molecule has 4 fully saturated rings. The summed E-state index contributed by atoms with van der Waals surface area (Å²) in [6, 6.07) is 18.2. The largest absolute Gasteiger partial charge is 0.497 e. The van der Waals surface area contributed by atoms with E-state index in [0.717, 1.165) is 50.7 Å². The monoisotopic (exact) mass is 1120 g/mol. The number of H-pyrrole nitrogens is 1. The Bertz CT molecular complexity index is 3370. The number of hydrogen-bond acceptors (Lipinski definition) is 15. The van der Waals surface area contributed by atoms with Gasteiger partial charge in [0.05, 0.1) is 41.4 Å². The minimum atomic E-state index is -4.78. The van der Waals surface area contributed by atoms with Crippen molar-refractivity contribution in [2.24, 2.45) is 11.3 Å². The van der Waals surface area contributed by atoms with Crippen LogP contribution in [0.1, 0.15) is 118 Å². The van der Waals surface area contributed by atoms with Crippen LogP contribution < -0.4 is 29.1 Å². The fraction of sp³-hybridized carbons (Fsp3) is 0.466. The lowest BCUT2D eigenvalue weighted by atomic mass is 9.59. The summed E-state index contributed by atoms with van der Waals surface area (Å²) in [5.41, 5.74) is 1.84. The summed E-state index contributed by atoms with van der Waals surface area (Å²) < 4.78 is 92.7. The smallest absolute Gasteiger partial charge is 0.312 e. The summed E-state index contributed by atoms with van der Waals surface area (Å²) in [5, 5.41) is 25.7. The minimum absolute atomic E-state index is 0.00167. The summed E-state index contributed by atoms with van der Waals surface area (Å²) >= 11 is 0. The van der Waals surface area contributed by atoms with Crippen molar-refractivity contribution in [3.63, 3.8) is 0 Å². The zero-order chi connectivity index (χ0) is 56.7. The number of pyridine rings is 2. The number of aromatic nitrogens is 3. The van der Waals surface area contributed by atoms with Gasteiger partial charge in [-0.3, -0.25) is 24.7 Å². The van der Waals surface area contributed by atoms with Crippen LogP contribution in [0.15, 0.2) is 84.0 Å². The van der Waals surface area contributed by atoms with Gasteiger partial charge in [0.15, 0.2) is 5.75 Å². The van der Waals surface area contributed by atoms with Crippen LogP contribution in [0.2, 0.25) is 0 Å². The van der Waals surface area contributed by atoms with E-state index in [0.29, 0.717) is 64.1 Å². The predicted molar refractivity (Wildman–Crippen MR) is 295 cm³/mol. The van der Waals surface area contributed by atoms with Gasteiger partial charge in [-0.1, -0.05) is 38.1 Å². The third-order valence-corrected chi connectivity index (χ3v) is 18.1. The summed E-state index contributed by atoms with van der Waals surface area (Å²) in [6.45, 7) is 11.8. The number of aromatic amines is 1. The number of benzene rings is 3. The first-order chi connectivity index (χ1) is 38.2. The second kappa shape index (κ2) is 22.9. The first kappa shape index (κ1) is 56.3. The van der Waals surface area contributed by atoms with Crippen molar-refractivity contribution in [3.8, 4) is 23.1 Å². The average Bonchev–Trinajstić information content (AvgIpc) is 3.81. The number of nitro groups is 1. The van der Waals surface area contributed by atoms with E-state index in [1.165, 1.54) is 42.5 Å². The van der Waals surface area contributed by atoms with Gasteiger partial charge in [-0.15, -0.1) is 0 Å². The van der Waals surface area contributed by atoms with Crippen molar-refractivity contribution in [2.45, 2.75) is 114 Å². The Kier molecular flexibility index (Phi) is 16.1. The molecule has 2 aliphatic heterocycles. The average molecular weight is 1120 g/mol. The van der Waals surface area contributed by atoms with Crippen LogP contribution in [-0.4, -0.2) is 114 Å². The third-order valence-electron chi connectivity index (χ3n) is 16.8. The molecule has 2 saturated heterocycles. The Balaban J connectivity index is 0.866. The number of nitrogens with zero attached hydrogens (tertiary/aromatic N) is 6.